The molecule has 3 rings (SSSR count). The van der Waals surface area contributed by atoms with Gasteiger partial charge in [-0.15, -0.1) is 11.6 Å². The molecule has 106 valence electrons. The van der Waals surface area contributed by atoms with Gasteiger partial charge in [-0.2, -0.15) is 0 Å². The summed E-state index contributed by atoms with van der Waals surface area (Å²) in [6, 6.07) is 3.99. The van der Waals surface area contributed by atoms with Crippen molar-refractivity contribution in [1.29, 1.82) is 0 Å². The molecule has 0 radical (unpaired) electrons. The fourth-order valence-corrected chi connectivity index (χ4v) is 3.30. The summed E-state index contributed by atoms with van der Waals surface area (Å²) in [7, 11) is 0. The third-order valence-corrected chi connectivity index (χ3v) is 4.77. The number of aromatic nitrogens is 2. The Bertz CT molecular complexity index is 597. The molecule has 5 heteroatoms. The molecule has 0 unspecified atom stereocenters. The van der Waals surface area contributed by atoms with Crippen LogP contribution in [0.4, 0.5) is 5.69 Å². The Morgan fingerprint density at radius 1 is 1.25 bits per heavy atom. The molecule has 1 aliphatic carbocycles. The molecule has 0 spiro atoms. The van der Waals surface area contributed by atoms with E-state index in [-0.39, 0.29) is 0 Å². The predicted octanol–water partition coefficient (Wildman–Crippen LogP) is 4.60. The van der Waals surface area contributed by atoms with Crippen molar-refractivity contribution in [3.63, 3.8) is 0 Å². The lowest BCUT2D eigenvalue weighted by Gasteiger charge is -2.25. The fraction of sp³-hybridized carbons (Fsp3) is 0.467. The number of hydrogen-bond acceptors (Lipinski definition) is 3. The lowest BCUT2D eigenvalue weighted by Crippen LogP contribution is -2.21. The van der Waals surface area contributed by atoms with E-state index >= 15 is 0 Å². The van der Waals surface area contributed by atoms with Crippen molar-refractivity contribution in [3.05, 3.63) is 29.0 Å². The van der Waals surface area contributed by atoms with Gasteiger partial charge < -0.3 is 5.32 Å². The quantitative estimate of drug-likeness (QED) is 0.818. The molecule has 0 bridgehead atoms. The van der Waals surface area contributed by atoms with E-state index in [0.717, 1.165) is 40.6 Å². The lowest BCUT2D eigenvalue weighted by molar-refractivity contribution is 0.378. The average molecular weight is 355 g/mol. The topological polar surface area (TPSA) is 37.8 Å². The van der Waals surface area contributed by atoms with Gasteiger partial charge in [0.15, 0.2) is 0 Å². The van der Waals surface area contributed by atoms with Gasteiger partial charge in [-0.1, -0.05) is 0 Å². The second-order valence-electron chi connectivity index (χ2n) is 5.38. The summed E-state index contributed by atoms with van der Waals surface area (Å²) in [6.45, 7) is 0.987. The number of hydrogen-bond donors (Lipinski definition) is 1. The van der Waals surface area contributed by atoms with E-state index in [9.17, 15) is 0 Å². The highest BCUT2D eigenvalue weighted by Crippen LogP contribution is 2.28. The minimum atomic E-state index is 0.382. The first-order chi connectivity index (χ1) is 9.72. The summed E-state index contributed by atoms with van der Waals surface area (Å²) in [5.74, 6) is 0.712. The van der Waals surface area contributed by atoms with Crippen LogP contribution in [0.25, 0.3) is 11.0 Å². The first-order valence-corrected chi connectivity index (χ1v) is 8.23. The van der Waals surface area contributed by atoms with Gasteiger partial charge in [0.1, 0.15) is 5.52 Å². The summed E-state index contributed by atoms with van der Waals surface area (Å²) >= 11 is 9.58. The molecule has 20 heavy (non-hydrogen) atoms. The van der Waals surface area contributed by atoms with Crippen molar-refractivity contribution in [2.75, 3.05) is 11.9 Å². The minimum absolute atomic E-state index is 0.382. The SMILES string of the molecule is ClC1CCC(CNc2ccnc3cc(Br)cnc23)CC1. The number of halogens is 2. The Balaban J connectivity index is 1.71. The van der Waals surface area contributed by atoms with E-state index in [4.69, 9.17) is 11.6 Å². The molecule has 2 aromatic rings. The van der Waals surface area contributed by atoms with Crippen LogP contribution in [0.15, 0.2) is 29.0 Å². The van der Waals surface area contributed by atoms with Gasteiger partial charge in [-0.25, -0.2) is 0 Å². The molecule has 0 saturated heterocycles. The smallest absolute Gasteiger partial charge is 0.112 e. The minimum Gasteiger partial charge on any atom is -0.383 e. The Labute approximate surface area is 132 Å². The van der Waals surface area contributed by atoms with Crippen LogP contribution in [0.5, 0.6) is 0 Å². The van der Waals surface area contributed by atoms with Crippen LogP contribution in [-0.4, -0.2) is 21.9 Å². The second kappa shape index (κ2) is 6.27. The van der Waals surface area contributed by atoms with Crippen LogP contribution in [0.3, 0.4) is 0 Å². The van der Waals surface area contributed by atoms with Gasteiger partial charge in [0.2, 0.25) is 0 Å². The maximum atomic E-state index is 6.15. The van der Waals surface area contributed by atoms with Crippen LogP contribution >= 0.6 is 27.5 Å². The summed E-state index contributed by atoms with van der Waals surface area (Å²) < 4.78 is 0.954. The summed E-state index contributed by atoms with van der Waals surface area (Å²) in [5.41, 5.74) is 2.91. The van der Waals surface area contributed by atoms with Crippen LogP contribution < -0.4 is 5.32 Å². The van der Waals surface area contributed by atoms with Crippen molar-refractivity contribution in [2.45, 2.75) is 31.1 Å². The van der Waals surface area contributed by atoms with Crippen molar-refractivity contribution in [2.24, 2.45) is 5.92 Å². The number of nitrogens with zero attached hydrogens (tertiary/aromatic N) is 2. The fourth-order valence-electron chi connectivity index (χ4n) is 2.73. The highest BCUT2D eigenvalue weighted by molar-refractivity contribution is 9.10. The number of anilines is 1. The first kappa shape index (κ1) is 14.1. The summed E-state index contributed by atoms with van der Waals surface area (Å²) in [6.07, 6.45) is 8.33. The van der Waals surface area contributed by atoms with Crippen LogP contribution in [0.1, 0.15) is 25.7 Å². The van der Waals surface area contributed by atoms with E-state index in [0.29, 0.717) is 11.3 Å². The third-order valence-electron chi connectivity index (χ3n) is 3.90. The van der Waals surface area contributed by atoms with Crippen molar-refractivity contribution < 1.29 is 0 Å². The van der Waals surface area contributed by atoms with E-state index < -0.39 is 0 Å². The standard InChI is InChI=1S/C15H17BrClN3/c16-11-7-14-15(20-9-11)13(5-6-18-14)19-8-10-1-3-12(17)4-2-10/h5-7,9-10,12H,1-4,8H2,(H,18,19). The Kier molecular flexibility index (Phi) is 4.41. The maximum Gasteiger partial charge on any atom is 0.112 e. The zero-order chi connectivity index (χ0) is 13.9. The van der Waals surface area contributed by atoms with Crippen LogP contribution in [0.2, 0.25) is 0 Å². The van der Waals surface area contributed by atoms with E-state index in [2.05, 4.69) is 31.2 Å². The molecule has 1 saturated carbocycles. The number of fused-ring (bicyclic) bond motifs is 1. The molecule has 0 aromatic carbocycles. The van der Waals surface area contributed by atoms with Crippen LogP contribution in [-0.2, 0) is 0 Å². The van der Waals surface area contributed by atoms with Crippen molar-refractivity contribution >= 4 is 44.3 Å². The number of rotatable bonds is 3. The van der Waals surface area contributed by atoms with Gasteiger partial charge >= 0.3 is 0 Å². The Hall–Kier alpha value is -0.870. The number of pyridine rings is 2. The first-order valence-electron chi connectivity index (χ1n) is 7.00. The van der Waals surface area contributed by atoms with Crippen molar-refractivity contribution in [1.82, 2.24) is 9.97 Å². The maximum absolute atomic E-state index is 6.15. The largest absolute Gasteiger partial charge is 0.383 e. The second-order valence-corrected chi connectivity index (χ2v) is 6.91. The highest BCUT2D eigenvalue weighted by atomic mass is 79.9. The molecule has 1 aliphatic rings. The monoisotopic (exact) mass is 353 g/mol. The average Bonchev–Trinajstić information content (AvgIpc) is 2.46. The van der Waals surface area contributed by atoms with E-state index in [1.807, 2.05) is 24.5 Å². The molecule has 0 atom stereocenters. The van der Waals surface area contributed by atoms with Gasteiger partial charge in [0.25, 0.3) is 0 Å². The molecule has 3 nitrogen and oxygen atoms in total. The van der Waals surface area contributed by atoms with Gasteiger partial charge in [0.05, 0.1) is 11.2 Å². The third kappa shape index (κ3) is 3.23. The number of alkyl halides is 1. The predicted molar refractivity (Wildman–Crippen MR) is 87.3 cm³/mol. The van der Waals surface area contributed by atoms with Gasteiger partial charge in [-0.3, -0.25) is 9.97 Å². The van der Waals surface area contributed by atoms with Crippen LogP contribution in [0, 0.1) is 5.92 Å². The van der Waals surface area contributed by atoms with E-state index in [1.54, 1.807) is 0 Å². The van der Waals surface area contributed by atoms with Gasteiger partial charge in [0, 0.05) is 28.8 Å². The zero-order valence-corrected chi connectivity index (χ0v) is 13.5. The van der Waals surface area contributed by atoms with Gasteiger partial charge in [-0.05, 0) is 59.7 Å². The molecule has 1 N–H and O–H groups in total. The molecule has 2 heterocycles. The number of nitrogens with one attached hydrogen (secondary N) is 1. The molecule has 1 fully saturated rings. The zero-order valence-electron chi connectivity index (χ0n) is 11.1. The summed E-state index contributed by atoms with van der Waals surface area (Å²) in [5, 5.41) is 3.91. The highest BCUT2D eigenvalue weighted by Gasteiger charge is 2.19. The normalized spacial score (nSPS) is 22.9. The molecular weight excluding hydrogens is 338 g/mol. The summed E-state index contributed by atoms with van der Waals surface area (Å²) in [4.78, 5) is 8.82. The van der Waals surface area contributed by atoms with E-state index in [1.165, 1.54) is 12.8 Å². The lowest BCUT2D eigenvalue weighted by atomic mass is 9.89. The Morgan fingerprint density at radius 2 is 2.05 bits per heavy atom. The molecule has 0 amide bonds. The molecule has 2 aromatic heterocycles. The Morgan fingerprint density at radius 3 is 2.85 bits per heavy atom. The molecular formula is C15H17BrClN3. The van der Waals surface area contributed by atoms with Crippen molar-refractivity contribution in [3.8, 4) is 0 Å². The molecule has 0 aliphatic heterocycles.